The summed E-state index contributed by atoms with van der Waals surface area (Å²) in [7, 11) is 4.44. The maximum Gasteiger partial charge on any atom is 0.0217 e. The third kappa shape index (κ3) is 3.93. The topological polar surface area (TPSA) is 32.5 Å². The Bertz CT molecular complexity index is 279. The normalized spacial score (nSPS) is 37.7. The van der Waals surface area contributed by atoms with Crippen LogP contribution in [0.15, 0.2) is 0 Å². The Morgan fingerprint density at radius 2 is 2.05 bits per heavy atom. The van der Waals surface area contributed by atoms with E-state index >= 15 is 0 Å². The molecule has 2 aliphatic rings. The van der Waals surface area contributed by atoms with Crippen LogP contribution < -0.4 is 5.73 Å². The fraction of sp³-hybridized carbons (Fsp3) is 1.00. The molecule has 2 rings (SSSR count). The molecule has 0 radical (unpaired) electrons. The lowest BCUT2D eigenvalue weighted by atomic mass is 9.69. The van der Waals surface area contributed by atoms with Gasteiger partial charge in [-0.05, 0) is 64.2 Å². The lowest BCUT2D eigenvalue weighted by Gasteiger charge is -2.45. The Kier molecular flexibility index (Phi) is 5.27. The number of hydrogen-bond acceptors (Lipinski definition) is 3. The van der Waals surface area contributed by atoms with Crippen LogP contribution in [0.3, 0.4) is 0 Å². The van der Waals surface area contributed by atoms with Gasteiger partial charge in [-0.2, -0.15) is 0 Å². The number of piperidine rings is 1. The van der Waals surface area contributed by atoms with Crippen molar-refractivity contribution in [3.63, 3.8) is 0 Å². The first-order chi connectivity index (χ1) is 9.04. The van der Waals surface area contributed by atoms with E-state index in [1.165, 1.54) is 58.2 Å². The first-order valence-electron chi connectivity index (χ1n) is 8.13. The van der Waals surface area contributed by atoms with Crippen LogP contribution in [0.4, 0.5) is 0 Å². The summed E-state index contributed by atoms with van der Waals surface area (Å²) in [6, 6.07) is 0.740. The van der Waals surface area contributed by atoms with Crippen LogP contribution in [0.5, 0.6) is 0 Å². The number of likely N-dealkylation sites (tertiary alicyclic amines) is 1. The fourth-order valence-electron chi connectivity index (χ4n) is 4.23. The van der Waals surface area contributed by atoms with Crippen molar-refractivity contribution in [2.45, 2.75) is 51.5 Å². The predicted molar refractivity (Wildman–Crippen MR) is 82.3 cm³/mol. The van der Waals surface area contributed by atoms with Gasteiger partial charge in [-0.1, -0.05) is 19.8 Å². The lowest BCUT2D eigenvalue weighted by molar-refractivity contribution is 0.0539. The van der Waals surface area contributed by atoms with Crippen molar-refractivity contribution in [1.29, 1.82) is 0 Å². The van der Waals surface area contributed by atoms with E-state index in [9.17, 15) is 0 Å². The fourth-order valence-corrected chi connectivity index (χ4v) is 4.23. The summed E-state index contributed by atoms with van der Waals surface area (Å²) < 4.78 is 0. The van der Waals surface area contributed by atoms with Crippen molar-refractivity contribution in [1.82, 2.24) is 9.80 Å². The molecule has 1 saturated heterocycles. The van der Waals surface area contributed by atoms with E-state index in [1.807, 2.05) is 0 Å². The summed E-state index contributed by atoms with van der Waals surface area (Å²) in [5.41, 5.74) is 6.58. The minimum atomic E-state index is 0.409. The molecule has 2 fully saturated rings. The smallest absolute Gasteiger partial charge is 0.0217 e. The molecule has 3 nitrogen and oxygen atoms in total. The van der Waals surface area contributed by atoms with Gasteiger partial charge in [0.2, 0.25) is 0 Å². The second-order valence-corrected chi connectivity index (χ2v) is 7.40. The van der Waals surface area contributed by atoms with Gasteiger partial charge in [-0.15, -0.1) is 0 Å². The highest BCUT2D eigenvalue weighted by Gasteiger charge is 2.36. The van der Waals surface area contributed by atoms with Crippen molar-refractivity contribution >= 4 is 0 Å². The standard InChI is InChI=1S/C16H33N3/c1-14-6-4-8-16(10-14,12-17)13-19-9-5-7-15(11-19)18(2)3/h14-15H,4-13,17H2,1-3H3. The van der Waals surface area contributed by atoms with Crippen LogP contribution in [-0.4, -0.2) is 56.1 Å². The molecular formula is C16H33N3. The van der Waals surface area contributed by atoms with Gasteiger partial charge in [-0.3, -0.25) is 0 Å². The Morgan fingerprint density at radius 1 is 1.26 bits per heavy atom. The van der Waals surface area contributed by atoms with Crippen molar-refractivity contribution in [3.8, 4) is 0 Å². The molecule has 0 aromatic rings. The zero-order valence-corrected chi connectivity index (χ0v) is 13.2. The van der Waals surface area contributed by atoms with E-state index in [-0.39, 0.29) is 0 Å². The molecule has 1 saturated carbocycles. The van der Waals surface area contributed by atoms with Crippen molar-refractivity contribution < 1.29 is 0 Å². The van der Waals surface area contributed by atoms with E-state index in [4.69, 9.17) is 5.73 Å². The molecular weight excluding hydrogens is 234 g/mol. The minimum Gasteiger partial charge on any atom is -0.330 e. The first kappa shape index (κ1) is 15.3. The molecule has 3 unspecified atom stereocenters. The quantitative estimate of drug-likeness (QED) is 0.847. The van der Waals surface area contributed by atoms with Gasteiger partial charge in [-0.25, -0.2) is 0 Å². The molecule has 19 heavy (non-hydrogen) atoms. The Hall–Kier alpha value is -0.120. The van der Waals surface area contributed by atoms with E-state index in [0.717, 1.165) is 18.5 Å². The van der Waals surface area contributed by atoms with Crippen molar-refractivity contribution in [2.24, 2.45) is 17.1 Å². The molecule has 1 aliphatic carbocycles. The highest BCUT2D eigenvalue weighted by molar-refractivity contribution is 4.91. The highest BCUT2D eigenvalue weighted by atomic mass is 15.2. The van der Waals surface area contributed by atoms with Gasteiger partial charge in [0.1, 0.15) is 0 Å². The van der Waals surface area contributed by atoms with Gasteiger partial charge in [0.15, 0.2) is 0 Å². The molecule has 1 heterocycles. The molecule has 0 spiro atoms. The van der Waals surface area contributed by atoms with Gasteiger partial charge < -0.3 is 15.5 Å². The van der Waals surface area contributed by atoms with Crippen molar-refractivity contribution in [2.75, 3.05) is 40.3 Å². The first-order valence-corrected chi connectivity index (χ1v) is 8.13. The summed E-state index contributed by atoms with van der Waals surface area (Å²) in [4.78, 5) is 5.09. The maximum absolute atomic E-state index is 6.17. The summed E-state index contributed by atoms with van der Waals surface area (Å²) >= 11 is 0. The van der Waals surface area contributed by atoms with Gasteiger partial charge >= 0.3 is 0 Å². The van der Waals surface area contributed by atoms with Crippen LogP contribution in [0, 0.1) is 11.3 Å². The monoisotopic (exact) mass is 267 g/mol. The summed E-state index contributed by atoms with van der Waals surface area (Å²) in [6.07, 6.45) is 8.17. The highest BCUT2D eigenvalue weighted by Crippen LogP contribution is 2.39. The van der Waals surface area contributed by atoms with Gasteiger partial charge in [0.25, 0.3) is 0 Å². The second kappa shape index (κ2) is 6.55. The average molecular weight is 267 g/mol. The third-order valence-electron chi connectivity index (χ3n) is 5.39. The minimum absolute atomic E-state index is 0.409. The van der Waals surface area contributed by atoms with Crippen LogP contribution in [0.2, 0.25) is 0 Å². The predicted octanol–water partition coefficient (Wildman–Crippen LogP) is 2.17. The van der Waals surface area contributed by atoms with E-state index < -0.39 is 0 Å². The molecule has 0 amide bonds. The maximum atomic E-state index is 6.17. The van der Waals surface area contributed by atoms with Gasteiger partial charge in [0, 0.05) is 19.1 Å². The Labute approximate surface area is 119 Å². The third-order valence-corrected chi connectivity index (χ3v) is 5.39. The molecule has 2 N–H and O–H groups in total. The van der Waals surface area contributed by atoms with Crippen LogP contribution in [0.1, 0.15) is 45.4 Å². The molecule has 0 bridgehead atoms. The largest absolute Gasteiger partial charge is 0.330 e. The SMILES string of the molecule is CC1CCCC(CN)(CN2CCCC(N(C)C)C2)C1. The number of likely N-dealkylation sites (N-methyl/N-ethyl adjacent to an activating group) is 1. The number of nitrogens with zero attached hydrogens (tertiary/aromatic N) is 2. The molecule has 1 aliphatic heterocycles. The van der Waals surface area contributed by atoms with Crippen LogP contribution in [0.25, 0.3) is 0 Å². The number of hydrogen-bond donors (Lipinski definition) is 1. The summed E-state index contributed by atoms with van der Waals surface area (Å²) in [5.74, 6) is 0.867. The zero-order valence-electron chi connectivity index (χ0n) is 13.2. The average Bonchev–Trinajstić information content (AvgIpc) is 2.39. The number of nitrogens with two attached hydrogens (primary N) is 1. The van der Waals surface area contributed by atoms with E-state index in [0.29, 0.717) is 5.41 Å². The summed E-state index contributed by atoms with van der Waals surface area (Å²) in [5, 5.41) is 0. The van der Waals surface area contributed by atoms with Crippen molar-refractivity contribution in [3.05, 3.63) is 0 Å². The molecule has 3 atom stereocenters. The number of rotatable bonds is 4. The molecule has 0 aromatic carbocycles. The summed E-state index contributed by atoms with van der Waals surface area (Å²) in [6.45, 7) is 7.03. The Balaban J connectivity index is 1.94. The molecule has 0 aromatic heterocycles. The van der Waals surface area contributed by atoms with E-state index in [2.05, 4.69) is 30.8 Å². The Morgan fingerprint density at radius 3 is 2.68 bits per heavy atom. The molecule has 112 valence electrons. The van der Waals surface area contributed by atoms with Crippen LogP contribution >= 0.6 is 0 Å². The second-order valence-electron chi connectivity index (χ2n) is 7.40. The lowest BCUT2D eigenvalue weighted by Crippen LogP contribution is -2.51. The molecule has 3 heteroatoms. The van der Waals surface area contributed by atoms with E-state index in [1.54, 1.807) is 0 Å². The van der Waals surface area contributed by atoms with Gasteiger partial charge in [0.05, 0.1) is 0 Å². The van der Waals surface area contributed by atoms with Crippen LogP contribution in [-0.2, 0) is 0 Å². The zero-order chi connectivity index (χ0) is 13.9.